The van der Waals surface area contributed by atoms with Gasteiger partial charge in [-0.1, -0.05) is 47.6 Å². The van der Waals surface area contributed by atoms with Crippen molar-refractivity contribution < 1.29 is 0 Å². The molecule has 0 spiro atoms. The fourth-order valence-corrected chi connectivity index (χ4v) is 1.91. The van der Waals surface area contributed by atoms with Gasteiger partial charge in [-0.2, -0.15) is 0 Å². The van der Waals surface area contributed by atoms with Crippen molar-refractivity contribution in [3.05, 3.63) is 47.1 Å². The van der Waals surface area contributed by atoms with Crippen LogP contribution < -0.4 is 0 Å². The Morgan fingerprint density at radius 2 is 1.84 bits per heavy atom. The van der Waals surface area contributed by atoms with Crippen LogP contribution in [0.5, 0.6) is 0 Å². The molecule has 19 heavy (non-hydrogen) atoms. The van der Waals surface area contributed by atoms with Crippen LogP contribution in [0.2, 0.25) is 0 Å². The van der Waals surface area contributed by atoms with Gasteiger partial charge in [-0.25, -0.2) is 0 Å². The molecule has 0 aromatic heterocycles. The molecule has 108 valence electrons. The zero-order valence-corrected chi connectivity index (χ0v) is 14.0. The van der Waals surface area contributed by atoms with E-state index in [0.717, 1.165) is 30.7 Å². The topological polar surface area (TPSA) is 0 Å². The molecule has 0 bridgehead atoms. The quantitative estimate of drug-likeness (QED) is 0.332. The third-order valence-corrected chi connectivity index (χ3v) is 3.63. The Kier molecular flexibility index (Phi) is 12.7. The highest BCUT2D eigenvalue weighted by Gasteiger charge is 2.03. The summed E-state index contributed by atoms with van der Waals surface area (Å²) in [4.78, 5) is 0. The molecule has 0 fully saturated rings. The summed E-state index contributed by atoms with van der Waals surface area (Å²) >= 11 is 17.8. The van der Waals surface area contributed by atoms with E-state index in [-0.39, 0.29) is 5.38 Å². The largest absolute Gasteiger partial charge is 0.126 e. The summed E-state index contributed by atoms with van der Waals surface area (Å²) in [6.07, 6.45) is 15.9. The molecule has 0 aliphatic carbocycles. The molecule has 1 unspecified atom stereocenters. The number of rotatable bonds is 9. The summed E-state index contributed by atoms with van der Waals surface area (Å²) in [5.74, 6) is 0.669. The summed E-state index contributed by atoms with van der Waals surface area (Å²) < 4.78 is 0. The van der Waals surface area contributed by atoms with Gasteiger partial charge in [0.15, 0.2) is 0 Å². The Hall–Kier alpha value is -0.170. The first kappa shape index (κ1) is 18.8. The van der Waals surface area contributed by atoms with Gasteiger partial charge < -0.3 is 0 Å². The van der Waals surface area contributed by atoms with Crippen molar-refractivity contribution in [1.29, 1.82) is 0 Å². The van der Waals surface area contributed by atoms with Crippen molar-refractivity contribution in [3.63, 3.8) is 0 Å². The second-order valence-electron chi connectivity index (χ2n) is 4.19. The predicted molar refractivity (Wildman–Crippen MR) is 90.5 cm³/mol. The molecule has 0 heterocycles. The lowest BCUT2D eigenvalue weighted by atomic mass is 10.1. The van der Waals surface area contributed by atoms with Crippen LogP contribution >= 0.6 is 34.8 Å². The maximum absolute atomic E-state index is 6.28. The van der Waals surface area contributed by atoms with Crippen molar-refractivity contribution >= 4 is 34.8 Å². The Balaban J connectivity index is 4.00. The van der Waals surface area contributed by atoms with Crippen molar-refractivity contribution in [2.24, 2.45) is 0 Å². The molecule has 0 rings (SSSR count). The van der Waals surface area contributed by atoms with Gasteiger partial charge in [-0.3, -0.25) is 0 Å². The Morgan fingerprint density at radius 1 is 1.11 bits per heavy atom. The first-order valence-electron chi connectivity index (χ1n) is 6.64. The van der Waals surface area contributed by atoms with Crippen molar-refractivity contribution in [1.82, 2.24) is 0 Å². The smallest absolute Gasteiger partial charge is 0.0373 e. The highest BCUT2D eigenvalue weighted by molar-refractivity contribution is 6.31. The van der Waals surface area contributed by atoms with Gasteiger partial charge >= 0.3 is 0 Å². The molecule has 0 radical (unpaired) electrons. The van der Waals surface area contributed by atoms with E-state index >= 15 is 0 Å². The van der Waals surface area contributed by atoms with Crippen LogP contribution in [0.3, 0.4) is 0 Å². The maximum Gasteiger partial charge on any atom is 0.0373 e. The van der Waals surface area contributed by atoms with E-state index in [1.807, 2.05) is 25.2 Å². The van der Waals surface area contributed by atoms with Crippen LogP contribution in [0, 0.1) is 0 Å². The summed E-state index contributed by atoms with van der Waals surface area (Å²) in [6.45, 7) is 3.96. The number of halogens is 3. The van der Waals surface area contributed by atoms with Crippen LogP contribution in [-0.4, -0.2) is 11.3 Å². The average molecular weight is 322 g/mol. The molecule has 0 saturated carbocycles. The van der Waals surface area contributed by atoms with Gasteiger partial charge in [0.25, 0.3) is 0 Å². The van der Waals surface area contributed by atoms with Gasteiger partial charge in [0, 0.05) is 16.3 Å². The molecule has 0 aliphatic heterocycles. The van der Waals surface area contributed by atoms with Crippen molar-refractivity contribution in [2.75, 3.05) is 5.88 Å². The molecule has 0 saturated heterocycles. The molecule has 0 nitrogen and oxygen atoms in total. The lowest BCUT2D eigenvalue weighted by molar-refractivity contribution is 0.758. The van der Waals surface area contributed by atoms with Gasteiger partial charge in [0.2, 0.25) is 0 Å². The second-order valence-corrected chi connectivity index (χ2v) is 5.62. The van der Waals surface area contributed by atoms with Crippen molar-refractivity contribution in [2.45, 2.75) is 44.9 Å². The first-order valence-corrected chi connectivity index (χ1v) is 7.99. The number of allylic oxidation sites excluding steroid dienone is 8. The minimum Gasteiger partial charge on any atom is -0.126 e. The van der Waals surface area contributed by atoms with Crippen LogP contribution in [-0.2, 0) is 0 Å². The molecule has 1 atom stereocenters. The van der Waals surface area contributed by atoms with E-state index in [4.69, 9.17) is 34.8 Å². The average Bonchev–Trinajstić information content (AvgIpc) is 2.42. The van der Waals surface area contributed by atoms with Crippen molar-refractivity contribution in [3.8, 4) is 0 Å². The van der Waals surface area contributed by atoms with Gasteiger partial charge in [0.1, 0.15) is 0 Å². The molecular formula is C16H23Cl3. The van der Waals surface area contributed by atoms with E-state index in [1.165, 1.54) is 5.57 Å². The molecule has 0 aromatic rings. The minimum absolute atomic E-state index is 0.147. The highest BCUT2D eigenvalue weighted by atomic mass is 35.5. The highest BCUT2D eigenvalue weighted by Crippen LogP contribution is 2.17. The zero-order valence-electron chi connectivity index (χ0n) is 11.7. The molecular weight excluding hydrogens is 299 g/mol. The Morgan fingerprint density at radius 3 is 2.42 bits per heavy atom. The van der Waals surface area contributed by atoms with E-state index in [0.29, 0.717) is 5.88 Å². The monoisotopic (exact) mass is 320 g/mol. The number of hydrogen-bond donors (Lipinski definition) is 0. The number of alkyl halides is 2. The van der Waals surface area contributed by atoms with Gasteiger partial charge in [-0.15, -0.1) is 23.2 Å². The summed E-state index contributed by atoms with van der Waals surface area (Å²) in [5.41, 5.74) is 1.31. The standard InChI is InChI=1S/C16H23Cl3/c1-3-14(8-5-6-13-17)11-12-16(19)10-7-9-15(18)4-2/h3-5,7-9,16H,6,10-13H2,1-2H3/b8-5-,9-7-,14-3+,15-4+. The lowest BCUT2D eigenvalue weighted by Gasteiger charge is -2.07. The van der Waals surface area contributed by atoms with Crippen LogP contribution in [0.4, 0.5) is 0 Å². The van der Waals surface area contributed by atoms with Crippen LogP contribution in [0.25, 0.3) is 0 Å². The van der Waals surface area contributed by atoms with E-state index < -0.39 is 0 Å². The second kappa shape index (κ2) is 12.8. The van der Waals surface area contributed by atoms with E-state index in [1.54, 1.807) is 0 Å². The summed E-state index contributed by atoms with van der Waals surface area (Å²) in [5, 5.41) is 0.899. The van der Waals surface area contributed by atoms with E-state index in [9.17, 15) is 0 Å². The molecule has 0 aromatic carbocycles. The zero-order chi connectivity index (χ0) is 14.5. The fourth-order valence-electron chi connectivity index (χ4n) is 1.49. The Bertz CT molecular complexity index is 338. The molecule has 0 N–H and O–H groups in total. The Labute approximate surface area is 132 Å². The molecule has 3 heteroatoms. The SMILES string of the molecule is C/C=C(\C=C/CCCl)CCC(Cl)C/C=C\C(Cl)=C/C. The van der Waals surface area contributed by atoms with Crippen LogP contribution in [0.1, 0.15) is 39.5 Å². The fraction of sp³-hybridized carbons (Fsp3) is 0.500. The summed E-state index contributed by atoms with van der Waals surface area (Å²) in [6, 6.07) is 0. The third-order valence-electron chi connectivity index (χ3n) is 2.67. The molecule has 0 aliphatic rings. The normalized spacial score (nSPS) is 15.6. The van der Waals surface area contributed by atoms with E-state index in [2.05, 4.69) is 25.2 Å². The first-order chi connectivity index (χ1) is 9.13. The van der Waals surface area contributed by atoms with Crippen LogP contribution in [0.15, 0.2) is 47.1 Å². The minimum atomic E-state index is 0.147. The maximum atomic E-state index is 6.28. The third kappa shape index (κ3) is 11.4. The summed E-state index contributed by atoms with van der Waals surface area (Å²) in [7, 11) is 0. The van der Waals surface area contributed by atoms with Gasteiger partial charge in [0.05, 0.1) is 0 Å². The lowest BCUT2D eigenvalue weighted by Crippen LogP contribution is -1.97. The van der Waals surface area contributed by atoms with Gasteiger partial charge in [-0.05, 0) is 45.6 Å². The predicted octanol–water partition coefficient (Wildman–Crippen LogP) is 6.59. The molecule has 0 amide bonds. The number of hydrogen-bond acceptors (Lipinski definition) is 0.